The third kappa shape index (κ3) is 1.18. The van der Waals surface area contributed by atoms with Gasteiger partial charge in [-0.05, 0) is 11.6 Å². The third-order valence-electron chi connectivity index (χ3n) is 2.62. The molecule has 0 aliphatic heterocycles. The van der Waals surface area contributed by atoms with E-state index in [2.05, 4.69) is 6.07 Å². The van der Waals surface area contributed by atoms with Gasteiger partial charge in [-0.3, -0.25) is 0 Å². The van der Waals surface area contributed by atoms with Gasteiger partial charge in [-0.25, -0.2) is 13.2 Å². The van der Waals surface area contributed by atoms with Crippen LogP contribution in [0.5, 0.6) is 0 Å². The molecule has 87 valence electrons. The highest BCUT2D eigenvalue weighted by molar-refractivity contribution is 5.41. The maximum Gasteiger partial charge on any atom is 0.429 e. The smallest absolute Gasteiger partial charge is 0.226 e. The van der Waals surface area contributed by atoms with E-state index in [1.54, 1.807) is 0 Å². The average molecular weight is 239 g/mol. The van der Waals surface area contributed by atoms with Gasteiger partial charge in [-0.1, -0.05) is 24.3 Å². The molecule has 0 spiro atoms. The Labute approximate surface area is 86.9 Å². The largest absolute Gasteiger partial charge is 0.429 e. The number of hydrogen-bond acceptors (Lipinski definition) is 0. The van der Waals surface area contributed by atoms with Crippen LogP contribution in [0.3, 0.4) is 0 Å². The molecule has 1 aromatic carbocycles. The first kappa shape index (κ1) is 11.3. The molecular weight excluding hydrogens is 234 g/mol. The second-order valence-corrected chi connectivity index (χ2v) is 3.58. The van der Waals surface area contributed by atoms with E-state index in [9.17, 15) is 26.3 Å². The molecule has 1 aromatic rings. The van der Waals surface area contributed by atoms with Crippen molar-refractivity contribution in [3.63, 3.8) is 0 Å². The van der Waals surface area contributed by atoms with Crippen molar-refractivity contribution in [3.8, 4) is 0 Å². The summed E-state index contributed by atoms with van der Waals surface area (Å²) < 4.78 is 75.6. The number of rotatable bonds is 1. The molecule has 2 rings (SSSR count). The molecular formula is C10H5F6. The highest BCUT2D eigenvalue weighted by atomic mass is 19.4. The minimum atomic E-state index is -5.58. The van der Waals surface area contributed by atoms with E-state index in [0.717, 1.165) is 6.07 Å². The SMILES string of the molecule is FC(F)(F)C1(F)C(c2[c]cccc2)C1(F)F. The van der Waals surface area contributed by atoms with Crippen LogP contribution in [0.1, 0.15) is 11.5 Å². The fourth-order valence-corrected chi connectivity index (χ4v) is 1.72. The number of alkyl halides is 6. The second-order valence-electron chi connectivity index (χ2n) is 3.58. The molecule has 0 aromatic heterocycles. The van der Waals surface area contributed by atoms with Crippen molar-refractivity contribution >= 4 is 0 Å². The maximum atomic E-state index is 13.2. The Morgan fingerprint density at radius 1 is 1.12 bits per heavy atom. The van der Waals surface area contributed by atoms with Crippen LogP contribution in [0.15, 0.2) is 24.3 Å². The summed E-state index contributed by atoms with van der Waals surface area (Å²) in [7, 11) is 0. The van der Waals surface area contributed by atoms with Crippen LogP contribution >= 0.6 is 0 Å². The molecule has 0 amide bonds. The topological polar surface area (TPSA) is 0 Å². The molecule has 1 aliphatic carbocycles. The first-order valence-corrected chi connectivity index (χ1v) is 4.33. The van der Waals surface area contributed by atoms with E-state index in [4.69, 9.17) is 0 Å². The highest BCUT2D eigenvalue weighted by Crippen LogP contribution is 2.72. The van der Waals surface area contributed by atoms with Gasteiger partial charge in [0.25, 0.3) is 5.67 Å². The Kier molecular flexibility index (Phi) is 2.06. The number of benzene rings is 1. The number of hydrogen-bond donors (Lipinski definition) is 0. The van der Waals surface area contributed by atoms with Gasteiger partial charge in [0.2, 0.25) is 0 Å². The summed E-state index contributed by atoms with van der Waals surface area (Å²) in [5.41, 5.74) is -4.93. The molecule has 0 nitrogen and oxygen atoms in total. The molecule has 0 heterocycles. The third-order valence-corrected chi connectivity index (χ3v) is 2.62. The van der Waals surface area contributed by atoms with Crippen molar-refractivity contribution in [2.24, 2.45) is 0 Å². The van der Waals surface area contributed by atoms with Gasteiger partial charge in [0.1, 0.15) is 5.92 Å². The molecule has 2 atom stereocenters. The van der Waals surface area contributed by atoms with Crippen LogP contribution in [0, 0.1) is 6.07 Å². The Hall–Kier alpha value is -1.20. The Morgan fingerprint density at radius 2 is 1.75 bits per heavy atom. The second kappa shape index (κ2) is 2.93. The lowest BCUT2D eigenvalue weighted by molar-refractivity contribution is -0.217. The first-order valence-electron chi connectivity index (χ1n) is 4.33. The Bertz CT molecular complexity index is 396. The summed E-state index contributed by atoms with van der Waals surface area (Å²) in [6.07, 6.45) is -5.58. The zero-order valence-corrected chi connectivity index (χ0v) is 7.65. The predicted molar refractivity (Wildman–Crippen MR) is 42.9 cm³/mol. The van der Waals surface area contributed by atoms with E-state index >= 15 is 0 Å². The van der Waals surface area contributed by atoms with Crippen LogP contribution in [-0.2, 0) is 0 Å². The van der Waals surface area contributed by atoms with Crippen LogP contribution in [0.2, 0.25) is 0 Å². The van der Waals surface area contributed by atoms with E-state index in [-0.39, 0.29) is 0 Å². The van der Waals surface area contributed by atoms with Crippen molar-refractivity contribution in [1.29, 1.82) is 0 Å². The van der Waals surface area contributed by atoms with E-state index in [1.165, 1.54) is 18.2 Å². The molecule has 2 unspecified atom stereocenters. The zero-order valence-electron chi connectivity index (χ0n) is 7.65. The van der Waals surface area contributed by atoms with Gasteiger partial charge < -0.3 is 0 Å². The monoisotopic (exact) mass is 239 g/mol. The lowest BCUT2D eigenvalue weighted by Crippen LogP contribution is -2.33. The summed E-state index contributed by atoms with van der Waals surface area (Å²) in [6.45, 7) is 0. The molecule has 0 N–H and O–H groups in total. The van der Waals surface area contributed by atoms with Gasteiger partial charge in [0, 0.05) is 0 Å². The first-order chi connectivity index (χ1) is 7.23. The summed E-state index contributed by atoms with van der Waals surface area (Å²) >= 11 is 0. The average Bonchev–Trinajstić information content (AvgIpc) is 2.63. The Balaban J connectivity index is 2.41. The molecule has 1 aliphatic rings. The minimum absolute atomic E-state index is 0.465. The lowest BCUT2D eigenvalue weighted by Gasteiger charge is -2.10. The molecule has 1 saturated carbocycles. The maximum absolute atomic E-state index is 13.2. The van der Waals surface area contributed by atoms with Gasteiger partial charge in [-0.15, -0.1) is 0 Å². The minimum Gasteiger partial charge on any atom is -0.226 e. The molecule has 1 radical (unpaired) electrons. The summed E-state index contributed by atoms with van der Waals surface area (Å²) in [6, 6.07) is 7.03. The van der Waals surface area contributed by atoms with Gasteiger partial charge >= 0.3 is 12.1 Å². The predicted octanol–water partition coefficient (Wildman–Crippen LogP) is 3.49. The van der Waals surface area contributed by atoms with E-state index in [0.29, 0.717) is 0 Å². The van der Waals surface area contributed by atoms with E-state index < -0.39 is 29.2 Å². The van der Waals surface area contributed by atoms with Gasteiger partial charge in [0.15, 0.2) is 0 Å². The molecule has 6 heteroatoms. The van der Waals surface area contributed by atoms with E-state index in [1.807, 2.05) is 0 Å². The quantitative estimate of drug-likeness (QED) is 0.658. The standard InChI is InChI=1S/C10H5F6/c11-8(10(14,15)16)7(9(8,12)13)6-4-2-1-3-5-6/h1-4,7H. The molecule has 16 heavy (non-hydrogen) atoms. The summed E-state index contributed by atoms with van der Waals surface area (Å²) in [5.74, 6) is -6.90. The van der Waals surface area contributed by atoms with Gasteiger partial charge in [0.05, 0.1) is 0 Å². The van der Waals surface area contributed by atoms with Crippen molar-refractivity contribution < 1.29 is 26.3 Å². The Morgan fingerprint density at radius 3 is 2.12 bits per heavy atom. The summed E-state index contributed by atoms with van der Waals surface area (Å²) in [4.78, 5) is 0. The lowest BCUT2D eigenvalue weighted by atomic mass is 10.1. The molecule has 1 fully saturated rings. The normalized spacial score (nSPS) is 32.5. The summed E-state index contributed by atoms with van der Waals surface area (Å²) in [5, 5.41) is 0. The molecule has 0 bridgehead atoms. The van der Waals surface area contributed by atoms with Crippen LogP contribution in [0.25, 0.3) is 0 Å². The van der Waals surface area contributed by atoms with Crippen molar-refractivity contribution in [3.05, 3.63) is 35.9 Å². The van der Waals surface area contributed by atoms with Gasteiger partial charge in [-0.2, -0.15) is 13.2 Å². The highest BCUT2D eigenvalue weighted by Gasteiger charge is 2.93. The fourth-order valence-electron chi connectivity index (χ4n) is 1.72. The van der Waals surface area contributed by atoms with Crippen molar-refractivity contribution in [2.45, 2.75) is 23.7 Å². The van der Waals surface area contributed by atoms with Crippen LogP contribution in [-0.4, -0.2) is 17.8 Å². The molecule has 0 saturated heterocycles. The fraction of sp³-hybridized carbons (Fsp3) is 0.400. The van der Waals surface area contributed by atoms with Crippen molar-refractivity contribution in [2.75, 3.05) is 0 Å². The van der Waals surface area contributed by atoms with Crippen LogP contribution < -0.4 is 0 Å². The zero-order chi connectivity index (χ0) is 12.2. The number of halogens is 6. The van der Waals surface area contributed by atoms with Crippen LogP contribution in [0.4, 0.5) is 26.3 Å². The van der Waals surface area contributed by atoms with Crippen molar-refractivity contribution in [1.82, 2.24) is 0 Å².